The van der Waals surface area contributed by atoms with Gasteiger partial charge in [-0.1, -0.05) is 79.1 Å². The molecule has 2 N–H and O–H groups in total. The highest BCUT2D eigenvalue weighted by atomic mass is 15.4. The predicted octanol–water partition coefficient (Wildman–Crippen LogP) is 6.09. The summed E-state index contributed by atoms with van der Waals surface area (Å²) in [6.45, 7) is 13.0. The molecule has 0 spiro atoms. The first-order valence-electron chi connectivity index (χ1n) is 13.0. The van der Waals surface area contributed by atoms with Crippen LogP contribution in [0, 0.1) is 5.92 Å². The first-order chi connectivity index (χ1) is 13.7. The molecule has 3 nitrogen and oxygen atoms in total. The van der Waals surface area contributed by atoms with Gasteiger partial charge in [0.15, 0.2) is 0 Å². The summed E-state index contributed by atoms with van der Waals surface area (Å²) in [5, 5.41) is 7.88. The number of nitrogens with zero attached hydrogens (tertiary/aromatic N) is 1. The minimum absolute atomic E-state index is 0.226. The summed E-state index contributed by atoms with van der Waals surface area (Å²) in [4.78, 5) is 2.98. The van der Waals surface area contributed by atoms with Gasteiger partial charge in [-0.05, 0) is 57.5 Å². The molecule has 0 saturated carbocycles. The Hall–Kier alpha value is -0.120. The molecule has 166 valence electrons. The Bertz CT molecular complexity index is 393. The van der Waals surface area contributed by atoms with Gasteiger partial charge in [-0.25, -0.2) is 0 Å². The van der Waals surface area contributed by atoms with Gasteiger partial charge in [-0.3, -0.25) is 10.2 Å². The van der Waals surface area contributed by atoms with Crippen LogP contribution >= 0.6 is 0 Å². The van der Waals surface area contributed by atoms with Gasteiger partial charge in [0.05, 0.1) is 5.66 Å². The molecule has 0 bridgehead atoms. The van der Waals surface area contributed by atoms with Gasteiger partial charge in [-0.2, -0.15) is 0 Å². The predicted molar refractivity (Wildman–Crippen MR) is 124 cm³/mol. The molecule has 0 aromatic carbocycles. The van der Waals surface area contributed by atoms with Crippen molar-refractivity contribution in [2.45, 2.75) is 135 Å². The zero-order valence-corrected chi connectivity index (χ0v) is 19.7. The van der Waals surface area contributed by atoms with Crippen molar-refractivity contribution in [3.05, 3.63) is 0 Å². The van der Waals surface area contributed by atoms with E-state index in [9.17, 15) is 0 Å². The van der Waals surface area contributed by atoms with Gasteiger partial charge < -0.3 is 5.32 Å². The summed E-state index contributed by atoms with van der Waals surface area (Å²) in [6, 6.07) is 1.47. The van der Waals surface area contributed by atoms with E-state index in [2.05, 4.69) is 43.2 Å². The topological polar surface area (TPSA) is 27.3 Å². The Morgan fingerprint density at radius 2 is 1.50 bits per heavy atom. The normalized spacial score (nSPS) is 30.2. The van der Waals surface area contributed by atoms with Gasteiger partial charge in [-0.15, -0.1) is 0 Å². The average molecular weight is 394 g/mol. The fourth-order valence-corrected chi connectivity index (χ4v) is 6.09. The van der Waals surface area contributed by atoms with Crippen LogP contribution in [-0.4, -0.2) is 42.3 Å². The number of hydrogen-bond acceptors (Lipinski definition) is 3. The Morgan fingerprint density at radius 3 is 2.11 bits per heavy atom. The summed E-state index contributed by atoms with van der Waals surface area (Å²) in [7, 11) is 0. The van der Waals surface area contributed by atoms with Crippen LogP contribution in [0.5, 0.6) is 0 Å². The monoisotopic (exact) mass is 393 g/mol. The van der Waals surface area contributed by atoms with Gasteiger partial charge in [0.2, 0.25) is 0 Å². The summed E-state index contributed by atoms with van der Waals surface area (Å²) in [6.07, 6.45) is 19.4. The average Bonchev–Trinajstić information content (AvgIpc) is 2.70. The highest BCUT2D eigenvalue weighted by Gasteiger charge is 2.47. The maximum absolute atomic E-state index is 4.25. The van der Waals surface area contributed by atoms with Gasteiger partial charge in [0.25, 0.3) is 0 Å². The lowest BCUT2D eigenvalue weighted by Crippen LogP contribution is -2.72. The van der Waals surface area contributed by atoms with E-state index in [1.807, 2.05) is 0 Å². The van der Waals surface area contributed by atoms with E-state index in [1.54, 1.807) is 0 Å². The number of rotatable bonds is 8. The minimum atomic E-state index is 0.226. The molecule has 2 aliphatic heterocycles. The molecule has 0 aromatic rings. The van der Waals surface area contributed by atoms with Crippen LogP contribution in [0.4, 0.5) is 0 Å². The van der Waals surface area contributed by atoms with E-state index in [0.29, 0.717) is 6.04 Å². The number of nitrogens with one attached hydrogen (secondary N) is 2. The van der Waals surface area contributed by atoms with Crippen molar-refractivity contribution in [3.8, 4) is 0 Å². The van der Waals surface area contributed by atoms with E-state index >= 15 is 0 Å². The highest BCUT2D eigenvalue weighted by molar-refractivity contribution is 5.03. The number of fused-ring (bicyclic) bond motifs is 1. The lowest BCUT2D eigenvalue weighted by Gasteiger charge is -2.58. The Kier molecular flexibility index (Phi) is 11.4. The molecule has 2 heterocycles. The molecule has 3 heteroatoms. The van der Waals surface area contributed by atoms with Crippen LogP contribution in [0.1, 0.15) is 118 Å². The second-order valence-corrected chi connectivity index (χ2v) is 9.46. The fraction of sp³-hybridized carbons (Fsp3) is 1.00. The third-order valence-electron chi connectivity index (χ3n) is 7.74. The van der Waals surface area contributed by atoms with Crippen LogP contribution in [-0.2, 0) is 0 Å². The van der Waals surface area contributed by atoms with Crippen molar-refractivity contribution in [3.63, 3.8) is 0 Å². The summed E-state index contributed by atoms with van der Waals surface area (Å²) < 4.78 is 0. The van der Waals surface area contributed by atoms with Crippen LogP contribution in [0.25, 0.3) is 0 Å². The first-order valence-corrected chi connectivity index (χ1v) is 13.0. The lowest BCUT2D eigenvalue weighted by atomic mass is 9.76. The maximum atomic E-state index is 4.25. The third-order valence-corrected chi connectivity index (χ3v) is 7.74. The summed E-state index contributed by atoms with van der Waals surface area (Å²) in [5.41, 5.74) is 0.226. The molecule has 2 saturated heterocycles. The smallest absolute Gasteiger partial charge is 0.0711 e. The highest BCUT2D eigenvalue weighted by Crippen LogP contribution is 2.39. The molecule has 3 unspecified atom stereocenters. The summed E-state index contributed by atoms with van der Waals surface area (Å²) in [5.74, 6) is 0.799. The molecule has 0 aromatic heterocycles. The van der Waals surface area contributed by atoms with E-state index in [0.717, 1.165) is 18.5 Å². The molecule has 2 fully saturated rings. The standard InChI is InChI=1S/C25H51N3/c1-5-17-23-22(19-20-26-8-4)24-18-15-13-11-9-10-12-14-16-21-28(24)25(6-2,7-3)27-23/h22-24,26-27H,5-21H2,1-4H3. The number of hydrogen-bond donors (Lipinski definition) is 2. The van der Waals surface area contributed by atoms with Crippen molar-refractivity contribution in [1.82, 2.24) is 15.5 Å². The van der Waals surface area contributed by atoms with Crippen LogP contribution < -0.4 is 10.6 Å². The molecule has 0 radical (unpaired) electrons. The quantitative estimate of drug-likeness (QED) is 0.489. The van der Waals surface area contributed by atoms with Crippen molar-refractivity contribution in [2.75, 3.05) is 19.6 Å². The molecular weight excluding hydrogens is 342 g/mol. The van der Waals surface area contributed by atoms with Crippen LogP contribution in [0.3, 0.4) is 0 Å². The zero-order valence-electron chi connectivity index (χ0n) is 19.7. The van der Waals surface area contributed by atoms with E-state index in [-0.39, 0.29) is 5.66 Å². The first kappa shape index (κ1) is 24.2. The maximum Gasteiger partial charge on any atom is 0.0711 e. The van der Waals surface area contributed by atoms with E-state index < -0.39 is 0 Å². The second-order valence-electron chi connectivity index (χ2n) is 9.46. The zero-order chi connectivity index (χ0) is 20.2. The Morgan fingerprint density at radius 1 is 0.857 bits per heavy atom. The molecule has 0 aliphatic carbocycles. The lowest BCUT2D eigenvalue weighted by molar-refractivity contribution is -0.0826. The molecule has 3 atom stereocenters. The van der Waals surface area contributed by atoms with Crippen molar-refractivity contribution in [1.29, 1.82) is 0 Å². The molecule has 2 aliphatic rings. The van der Waals surface area contributed by atoms with E-state index in [1.165, 1.54) is 103 Å². The van der Waals surface area contributed by atoms with Crippen molar-refractivity contribution < 1.29 is 0 Å². The fourth-order valence-electron chi connectivity index (χ4n) is 6.09. The van der Waals surface area contributed by atoms with Gasteiger partial charge in [0.1, 0.15) is 0 Å². The summed E-state index contributed by atoms with van der Waals surface area (Å²) >= 11 is 0. The van der Waals surface area contributed by atoms with Crippen LogP contribution in [0.2, 0.25) is 0 Å². The molecule has 28 heavy (non-hydrogen) atoms. The van der Waals surface area contributed by atoms with Gasteiger partial charge in [0, 0.05) is 18.6 Å². The Labute approximate surface area is 176 Å². The molecule has 2 rings (SSSR count). The van der Waals surface area contributed by atoms with Crippen molar-refractivity contribution >= 4 is 0 Å². The Balaban J connectivity index is 2.27. The largest absolute Gasteiger partial charge is 0.317 e. The third kappa shape index (κ3) is 6.44. The molecular formula is C25H51N3. The SMILES string of the molecule is CCCC1NC(CC)(CC)N2CCCCCCCCCCC2C1CCNCC. The minimum Gasteiger partial charge on any atom is -0.317 e. The van der Waals surface area contributed by atoms with E-state index in [4.69, 9.17) is 0 Å². The van der Waals surface area contributed by atoms with Crippen LogP contribution in [0.15, 0.2) is 0 Å². The van der Waals surface area contributed by atoms with Crippen molar-refractivity contribution in [2.24, 2.45) is 5.92 Å². The van der Waals surface area contributed by atoms with Gasteiger partial charge >= 0.3 is 0 Å². The molecule has 0 amide bonds. The second kappa shape index (κ2) is 13.2.